The molecule has 0 fully saturated rings. The van der Waals surface area contributed by atoms with Crippen molar-refractivity contribution < 1.29 is 4.74 Å². The molecule has 1 aromatic carbocycles. The summed E-state index contributed by atoms with van der Waals surface area (Å²) in [7, 11) is 5.68. The lowest BCUT2D eigenvalue weighted by atomic mass is 9.99. The minimum absolute atomic E-state index is 0.339. The molecule has 0 aliphatic heterocycles. The summed E-state index contributed by atoms with van der Waals surface area (Å²) in [6, 6.07) is 8.62. The molecule has 0 radical (unpaired) electrons. The van der Waals surface area contributed by atoms with E-state index in [9.17, 15) is 0 Å². The third kappa shape index (κ3) is 3.20. The van der Waals surface area contributed by atoms with Crippen molar-refractivity contribution in [2.45, 2.75) is 25.8 Å². The van der Waals surface area contributed by atoms with E-state index in [4.69, 9.17) is 4.74 Å². The molecule has 0 aliphatic carbocycles. The summed E-state index contributed by atoms with van der Waals surface area (Å²) in [5, 5.41) is 7.71. The molecule has 2 aromatic rings. The molecule has 108 valence electrons. The lowest BCUT2D eigenvalue weighted by molar-refractivity contribution is 0.414. The van der Waals surface area contributed by atoms with E-state index in [0.29, 0.717) is 6.04 Å². The lowest BCUT2D eigenvalue weighted by Crippen LogP contribution is -2.17. The Balaban J connectivity index is 2.01. The van der Waals surface area contributed by atoms with Gasteiger partial charge in [-0.25, -0.2) is 0 Å². The van der Waals surface area contributed by atoms with Gasteiger partial charge in [-0.1, -0.05) is 12.1 Å². The number of ether oxygens (including phenoxy) is 1. The standard InChI is InChI=1S/C16H23N3O/c1-12-15(11-18-19(12)3)16(17-2)10-7-13-5-8-14(20-4)9-6-13/h5-6,8-9,11,16-17H,7,10H2,1-4H3. The fraction of sp³-hybridized carbons (Fsp3) is 0.438. The van der Waals surface area contributed by atoms with Gasteiger partial charge in [-0.15, -0.1) is 0 Å². The summed E-state index contributed by atoms with van der Waals surface area (Å²) in [5.41, 5.74) is 3.83. The highest BCUT2D eigenvalue weighted by Crippen LogP contribution is 2.22. The number of hydrogen-bond donors (Lipinski definition) is 1. The highest BCUT2D eigenvalue weighted by atomic mass is 16.5. The van der Waals surface area contributed by atoms with Gasteiger partial charge in [-0.3, -0.25) is 4.68 Å². The van der Waals surface area contributed by atoms with E-state index in [0.717, 1.165) is 18.6 Å². The predicted octanol–water partition coefficient (Wildman–Crippen LogP) is 2.63. The molecule has 0 spiro atoms. The van der Waals surface area contributed by atoms with Crippen molar-refractivity contribution in [1.29, 1.82) is 0 Å². The van der Waals surface area contributed by atoms with Crippen molar-refractivity contribution in [2.24, 2.45) is 7.05 Å². The second kappa shape index (κ2) is 6.57. The Kier molecular flexibility index (Phi) is 4.79. The van der Waals surface area contributed by atoms with Gasteiger partial charge in [-0.05, 0) is 44.5 Å². The molecule has 1 aromatic heterocycles. The lowest BCUT2D eigenvalue weighted by Gasteiger charge is -2.16. The minimum Gasteiger partial charge on any atom is -0.497 e. The molecular weight excluding hydrogens is 250 g/mol. The van der Waals surface area contributed by atoms with Crippen LogP contribution >= 0.6 is 0 Å². The molecule has 1 unspecified atom stereocenters. The predicted molar refractivity (Wildman–Crippen MR) is 81.1 cm³/mol. The van der Waals surface area contributed by atoms with Crippen LogP contribution in [0.15, 0.2) is 30.5 Å². The third-order valence-electron chi connectivity index (χ3n) is 3.88. The van der Waals surface area contributed by atoms with Crippen molar-refractivity contribution >= 4 is 0 Å². The van der Waals surface area contributed by atoms with Crippen molar-refractivity contribution in [2.75, 3.05) is 14.2 Å². The molecule has 0 bridgehead atoms. The van der Waals surface area contributed by atoms with Crippen LogP contribution in [-0.2, 0) is 13.5 Å². The van der Waals surface area contributed by atoms with Gasteiger partial charge in [0.05, 0.1) is 13.3 Å². The Morgan fingerprint density at radius 1 is 1.30 bits per heavy atom. The van der Waals surface area contributed by atoms with Gasteiger partial charge in [0, 0.05) is 24.3 Å². The smallest absolute Gasteiger partial charge is 0.118 e. The summed E-state index contributed by atoms with van der Waals surface area (Å²) in [4.78, 5) is 0. The number of rotatable bonds is 6. The van der Waals surface area contributed by atoms with Crippen LogP contribution in [0.1, 0.15) is 29.3 Å². The van der Waals surface area contributed by atoms with Crippen LogP contribution in [0.3, 0.4) is 0 Å². The van der Waals surface area contributed by atoms with Crippen LogP contribution in [0, 0.1) is 6.92 Å². The summed E-state index contributed by atoms with van der Waals surface area (Å²) >= 11 is 0. The second-order valence-corrected chi connectivity index (χ2v) is 5.04. The normalized spacial score (nSPS) is 12.4. The van der Waals surface area contributed by atoms with E-state index < -0.39 is 0 Å². The average Bonchev–Trinajstić information content (AvgIpc) is 2.81. The zero-order valence-corrected chi connectivity index (χ0v) is 12.7. The maximum absolute atomic E-state index is 5.18. The van der Waals surface area contributed by atoms with Gasteiger partial charge in [0.15, 0.2) is 0 Å². The number of benzene rings is 1. The van der Waals surface area contributed by atoms with Gasteiger partial charge in [0.25, 0.3) is 0 Å². The first-order valence-corrected chi connectivity index (χ1v) is 6.94. The number of aromatic nitrogens is 2. The van der Waals surface area contributed by atoms with E-state index in [1.807, 2.05) is 37.1 Å². The Morgan fingerprint density at radius 3 is 2.50 bits per heavy atom. The molecule has 2 rings (SSSR count). The Morgan fingerprint density at radius 2 is 2.00 bits per heavy atom. The summed E-state index contributed by atoms with van der Waals surface area (Å²) in [5.74, 6) is 0.905. The number of methoxy groups -OCH3 is 1. The zero-order valence-electron chi connectivity index (χ0n) is 12.7. The number of nitrogens with one attached hydrogen (secondary N) is 1. The van der Waals surface area contributed by atoms with Gasteiger partial charge in [0.2, 0.25) is 0 Å². The molecule has 20 heavy (non-hydrogen) atoms. The highest BCUT2D eigenvalue weighted by molar-refractivity contribution is 5.28. The van der Waals surface area contributed by atoms with Crippen LogP contribution in [0.5, 0.6) is 5.75 Å². The quantitative estimate of drug-likeness (QED) is 0.879. The molecule has 1 atom stereocenters. The van der Waals surface area contributed by atoms with Crippen molar-refractivity contribution in [3.8, 4) is 5.75 Å². The van der Waals surface area contributed by atoms with Crippen LogP contribution in [0.2, 0.25) is 0 Å². The van der Waals surface area contributed by atoms with E-state index >= 15 is 0 Å². The van der Waals surface area contributed by atoms with Crippen molar-refractivity contribution in [3.63, 3.8) is 0 Å². The average molecular weight is 273 g/mol. The van der Waals surface area contributed by atoms with Crippen LogP contribution in [0.4, 0.5) is 0 Å². The van der Waals surface area contributed by atoms with E-state index in [2.05, 4.69) is 29.5 Å². The van der Waals surface area contributed by atoms with E-state index in [-0.39, 0.29) is 0 Å². The minimum atomic E-state index is 0.339. The van der Waals surface area contributed by atoms with Crippen LogP contribution < -0.4 is 10.1 Å². The summed E-state index contributed by atoms with van der Waals surface area (Å²) in [6.07, 6.45) is 4.05. The van der Waals surface area contributed by atoms with Gasteiger partial charge >= 0.3 is 0 Å². The third-order valence-corrected chi connectivity index (χ3v) is 3.88. The fourth-order valence-corrected chi connectivity index (χ4v) is 2.42. The topological polar surface area (TPSA) is 39.1 Å². The van der Waals surface area contributed by atoms with E-state index in [1.54, 1.807) is 7.11 Å². The summed E-state index contributed by atoms with van der Waals surface area (Å²) in [6.45, 7) is 2.11. The van der Waals surface area contributed by atoms with Crippen molar-refractivity contribution in [1.82, 2.24) is 15.1 Å². The molecule has 4 heteroatoms. The van der Waals surface area contributed by atoms with Gasteiger partial charge < -0.3 is 10.1 Å². The molecular formula is C16H23N3O. The highest BCUT2D eigenvalue weighted by Gasteiger charge is 2.14. The molecule has 0 amide bonds. The number of aryl methyl sites for hydroxylation is 2. The summed E-state index contributed by atoms with van der Waals surface area (Å²) < 4.78 is 7.10. The van der Waals surface area contributed by atoms with Crippen LogP contribution in [-0.4, -0.2) is 23.9 Å². The second-order valence-electron chi connectivity index (χ2n) is 5.04. The van der Waals surface area contributed by atoms with Gasteiger partial charge in [-0.2, -0.15) is 5.10 Å². The Hall–Kier alpha value is -1.81. The van der Waals surface area contributed by atoms with E-state index in [1.165, 1.54) is 16.8 Å². The SMILES string of the molecule is CNC(CCc1ccc(OC)cc1)c1cnn(C)c1C. The number of hydrogen-bond acceptors (Lipinski definition) is 3. The molecule has 1 heterocycles. The molecule has 1 N–H and O–H groups in total. The Bertz CT molecular complexity index is 545. The largest absolute Gasteiger partial charge is 0.497 e. The number of nitrogens with zero attached hydrogens (tertiary/aromatic N) is 2. The molecule has 0 aliphatic rings. The molecule has 4 nitrogen and oxygen atoms in total. The van der Waals surface area contributed by atoms with Crippen molar-refractivity contribution in [3.05, 3.63) is 47.3 Å². The first-order chi connectivity index (χ1) is 9.65. The zero-order chi connectivity index (χ0) is 14.5. The van der Waals surface area contributed by atoms with Crippen LogP contribution in [0.25, 0.3) is 0 Å². The fourth-order valence-electron chi connectivity index (χ4n) is 2.42. The monoisotopic (exact) mass is 273 g/mol. The maximum atomic E-state index is 5.18. The Labute approximate surface area is 120 Å². The van der Waals surface area contributed by atoms with Gasteiger partial charge in [0.1, 0.15) is 5.75 Å². The molecule has 0 saturated carbocycles. The first-order valence-electron chi connectivity index (χ1n) is 6.94. The first kappa shape index (κ1) is 14.6. The molecule has 0 saturated heterocycles. The maximum Gasteiger partial charge on any atom is 0.118 e.